The van der Waals surface area contributed by atoms with E-state index in [0.717, 1.165) is 49.4 Å². The van der Waals surface area contributed by atoms with E-state index in [1.54, 1.807) is 12.1 Å². The molecule has 0 radical (unpaired) electrons. The van der Waals surface area contributed by atoms with E-state index in [4.69, 9.17) is 5.73 Å². The van der Waals surface area contributed by atoms with Crippen molar-refractivity contribution in [2.24, 2.45) is 5.73 Å². The van der Waals surface area contributed by atoms with Crippen molar-refractivity contribution >= 4 is 23.2 Å². The Morgan fingerprint density at radius 3 is 2.25 bits per heavy atom. The first-order chi connectivity index (χ1) is 15.6. The van der Waals surface area contributed by atoms with Crippen molar-refractivity contribution in [3.05, 3.63) is 95.6 Å². The van der Waals surface area contributed by atoms with Gasteiger partial charge in [-0.25, -0.2) is 0 Å². The summed E-state index contributed by atoms with van der Waals surface area (Å²) in [4.78, 5) is 29.2. The summed E-state index contributed by atoms with van der Waals surface area (Å²) in [5.41, 5.74) is 9.07. The molecule has 0 bridgehead atoms. The Hall–Kier alpha value is -3.64. The van der Waals surface area contributed by atoms with E-state index in [2.05, 4.69) is 10.2 Å². The van der Waals surface area contributed by atoms with Gasteiger partial charge in [-0.1, -0.05) is 42.5 Å². The number of carbonyl (C=O) groups excluding carboxylic acids is 2. The lowest BCUT2D eigenvalue weighted by atomic mass is 9.89. The molecule has 0 aromatic heterocycles. The number of amides is 2. The third-order valence-electron chi connectivity index (χ3n) is 6.50. The Balaban J connectivity index is 1.39. The molecule has 2 heterocycles. The topological polar surface area (TPSA) is 78.7 Å². The largest absolute Gasteiger partial charge is 0.366 e. The molecule has 6 nitrogen and oxygen atoms in total. The average molecular weight is 427 g/mol. The van der Waals surface area contributed by atoms with E-state index in [1.165, 1.54) is 0 Å². The van der Waals surface area contributed by atoms with Crippen LogP contribution in [-0.2, 0) is 6.54 Å². The van der Waals surface area contributed by atoms with Gasteiger partial charge in [0.2, 0.25) is 5.91 Å². The zero-order valence-corrected chi connectivity index (χ0v) is 17.8. The molecule has 3 N–H and O–H groups in total. The van der Waals surface area contributed by atoms with Crippen LogP contribution in [0.2, 0.25) is 0 Å². The van der Waals surface area contributed by atoms with E-state index in [-0.39, 0.29) is 5.91 Å². The first-order valence-corrected chi connectivity index (χ1v) is 10.9. The number of likely N-dealkylation sites (tertiary alicyclic amines) is 1. The van der Waals surface area contributed by atoms with Gasteiger partial charge in [0.1, 0.15) is 5.66 Å². The lowest BCUT2D eigenvalue weighted by Crippen LogP contribution is -2.64. The Bertz CT molecular complexity index is 1140. The van der Waals surface area contributed by atoms with Gasteiger partial charge in [0.15, 0.2) is 0 Å². The van der Waals surface area contributed by atoms with Gasteiger partial charge in [-0.3, -0.25) is 19.4 Å². The molecule has 3 aromatic rings. The van der Waals surface area contributed by atoms with E-state index in [0.29, 0.717) is 11.1 Å². The molecular weight excluding hydrogens is 400 g/mol. The van der Waals surface area contributed by atoms with Crippen LogP contribution in [0.15, 0.2) is 78.9 Å². The van der Waals surface area contributed by atoms with E-state index >= 15 is 0 Å². The van der Waals surface area contributed by atoms with Crippen LogP contribution in [0, 0.1) is 0 Å². The molecule has 6 heteroatoms. The van der Waals surface area contributed by atoms with Crippen LogP contribution in [0.1, 0.15) is 39.1 Å². The lowest BCUT2D eigenvalue weighted by Gasteiger charge is -2.52. The highest BCUT2D eigenvalue weighted by molar-refractivity contribution is 6.12. The summed E-state index contributed by atoms with van der Waals surface area (Å²) in [6.07, 6.45) is 1.61. The lowest BCUT2D eigenvalue weighted by molar-refractivity contribution is 0.0903. The van der Waals surface area contributed by atoms with Crippen molar-refractivity contribution in [3.8, 4) is 0 Å². The second kappa shape index (κ2) is 8.13. The number of carbonyl (C=O) groups is 2. The Labute approximate surface area is 187 Å². The molecule has 2 aliphatic heterocycles. The zero-order chi connectivity index (χ0) is 22.1. The normalized spacial score (nSPS) is 17.6. The molecule has 162 valence electrons. The van der Waals surface area contributed by atoms with E-state index < -0.39 is 11.6 Å². The predicted molar refractivity (Wildman–Crippen MR) is 126 cm³/mol. The molecule has 5 rings (SSSR count). The molecular formula is C26H26N4O2. The van der Waals surface area contributed by atoms with Crippen molar-refractivity contribution in [1.29, 1.82) is 0 Å². The molecule has 0 aliphatic carbocycles. The SMILES string of the molecule is NC(=O)c1ccc(CN2CCC3(CC2)Nc2ccccc2C(=O)N3c2ccccc2)cc1. The molecule has 1 saturated heterocycles. The Kier molecular flexibility index (Phi) is 5.15. The first-order valence-electron chi connectivity index (χ1n) is 10.9. The number of fused-ring (bicyclic) bond motifs is 1. The monoisotopic (exact) mass is 426 g/mol. The first kappa shape index (κ1) is 20.3. The third-order valence-corrected chi connectivity index (χ3v) is 6.50. The maximum Gasteiger partial charge on any atom is 0.262 e. The molecule has 3 aromatic carbocycles. The van der Waals surface area contributed by atoms with Gasteiger partial charge in [-0.15, -0.1) is 0 Å². The smallest absolute Gasteiger partial charge is 0.262 e. The van der Waals surface area contributed by atoms with Gasteiger partial charge in [0.05, 0.1) is 5.56 Å². The number of piperidine rings is 1. The van der Waals surface area contributed by atoms with Gasteiger partial charge < -0.3 is 11.1 Å². The summed E-state index contributed by atoms with van der Waals surface area (Å²) in [6, 6.07) is 25.1. The van der Waals surface area contributed by atoms with Crippen LogP contribution in [0.3, 0.4) is 0 Å². The molecule has 0 atom stereocenters. The highest BCUT2D eigenvalue weighted by Gasteiger charge is 2.47. The van der Waals surface area contributed by atoms with Crippen LogP contribution in [0.25, 0.3) is 0 Å². The van der Waals surface area contributed by atoms with Crippen LogP contribution in [0.5, 0.6) is 0 Å². The predicted octanol–water partition coefficient (Wildman–Crippen LogP) is 3.85. The second-order valence-corrected chi connectivity index (χ2v) is 8.52. The van der Waals surface area contributed by atoms with Gasteiger partial charge in [-0.05, 0) is 42.0 Å². The highest BCUT2D eigenvalue weighted by atomic mass is 16.2. The van der Waals surface area contributed by atoms with E-state index in [9.17, 15) is 9.59 Å². The minimum atomic E-state index is -0.459. The Morgan fingerprint density at radius 2 is 1.56 bits per heavy atom. The number of primary amides is 1. The summed E-state index contributed by atoms with van der Waals surface area (Å²) in [7, 11) is 0. The molecule has 0 saturated carbocycles. The maximum atomic E-state index is 13.6. The van der Waals surface area contributed by atoms with Crippen LogP contribution < -0.4 is 16.0 Å². The molecule has 0 unspecified atom stereocenters. The van der Waals surface area contributed by atoms with Crippen molar-refractivity contribution in [2.45, 2.75) is 25.0 Å². The molecule has 1 spiro atoms. The van der Waals surface area contributed by atoms with Crippen LogP contribution in [-0.4, -0.2) is 35.5 Å². The van der Waals surface area contributed by atoms with Crippen LogP contribution >= 0.6 is 0 Å². The molecule has 2 amide bonds. The van der Waals surface area contributed by atoms with Gasteiger partial charge in [0, 0.05) is 49.4 Å². The number of benzene rings is 3. The molecule has 32 heavy (non-hydrogen) atoms. The number of rotatable bonds is 4. The number of hydrogen-bond donors (Lipinski definition) is 2. The summed E-state index contributed by atoms with van der Waals surface area (Å²) in [5, 5.41) is 3.72. The summed E-state index contributed by atoms with van der Waals surface area (Å²) in [6.45, 7) is 2.50. The fourth-order valence-electron chi connectivity index (χ4n) is 4.80. The highest BCUT2D eigenvalue weighted by Crippen LogP contribution is 2.40. The average Bonchev–Trinajstić information content (AvgIpc) is 2.82. The molecule has 2 aliphatic rings. The van der Waals surface area contributed by atoms with Gasteiger partial charge in [0.25, 0.3) is 5.91 Å². The number of nitrogens with one attached hydrogen (secondary N) is 1. The minimum Gasteiger partial charge on any atom is -0.366 e. The Morgan fingerprint density at radius 1 is 0.906 bits per heavy atom. The second-order valence-electron chi connectivity index (χ2n) is 8.52. The fraction of sp³-hybridized carbons (Fsp3) is 0.231. The van der Waals surface area contributed by atoms with Crippen LogP contribution in [0.4, 0.5) is 11.4 Å². The minimum absolute atomic E-state index is 0.0426. The van der Waals surface area contributed by atoms with E-state index in [1.807, 2.05) is 71.6 Å². The number of para-hydroxylation sites is 2. The number of nitrogens with zero attached hydrogens (tertiary/aromatic N) is 2. The van der Waals surface area contributed by atoms with Crippen molar-refractivity contribution < 1.29 is 9.59 Å². The maximum absolute atomic E-state index is 13.6. The van der Waals surface area contributed by atoms with Gasteiger partial charge in [-0.2, -0.15) is 0 Å². The number of hydrogen-bond acceptors (Lipinski definition) is 4. The number of anilines is 2. The number of nitrogens with two attached hydrogens (primary N) is 1. The van der Waals surface area contributed by atoms with Crippen molar-refractivity contribution in [3.63, 3.8) is 0 Å². The summed E-state index contributed by atoms with van der Waals surface area (Å²) in [5.74, 6) is -0.369. The standard InChI is InChI=1S/C26H26N4O2/c27-24(31)20-12-10-19(11-13-20)18-29-16-14-26(15-17-29)28-23-9-5-4-8-22(23)25(32)30(26)21-6-2-1-3-7-21/h1-13,28H,14-18H2,(H2,27,31). The third kappa shape index (κ3) is 3.63. The zero-order valence-electron chi connectivity index (χ0n) is 17.8. The summed E-state index contributed by atoms with van der Waals surface area (Å²) < 4.78 is 0. The quantitative estimate of drug-likeness (QED) is 0.664. The summed E-state index contributed by atoms with van der Waals surface area (Å²) >= 11 is 0. The fourth-order valence-corrected chi connectivity index (χ4v) is 4.80. The van der Waals surface area contributed by atoms with Gasteiger partial charge >= 0.3 is 0 Å². The molecule has 1 fully saturated rings. The van der Waals surface area contributed by atoms with Crippen molar-refractivity contribution in [2.75, 3.05) is 23.3 Å². The van der Waals surface area contributed by atoms with Crippen molar-refractivity contribution in [1.82, 2.24) is 4.90 Å².